The van der Waals surface area contributed by atoms with Crippen LogP contribution >= 0.6 is 0 Å². The molecule has 1 N–H and O–H groups in total. The highest BCUT2D eigenvalue weighted by molar-refractivity contribution is 5.69. The lowest BCUT2D eigenvalue weighted by atomic mass is 9.74. The van der Waals surface area contributed by atoms with Crippen molar-refractivity contribution in [2.24, 2.45) is 0 Å². The number of likely N-dealkylation sites (tertiary alicyclic amines) is 1. The summed E-state index contributed by atoms with van der Waals surface area (Å²) >= 11 is 0. The molecule has 2 aromatic carbocycles. The Morgan fingerprint density at radius 2 is 1.93 bits per heavy atom. The maximum Gasteiger partial charge on any atom is 0.317 e. The molecular formula is C23H27NO4. The highest BCUT2D eigenvalue weighted by Gasteiger charge is 2.43. The number of carboxylic acids is 1. The third kappa shape index (κ3) is 4.14. The summed E-state index contributed by atoms with van der Waals surface area (Å²) in [6, 6.07) is 16.6. The first-order valence-electron chi connectivity index (χ1n) is 10.0. The van der Waals surface area contributed by atoms with E-state index in [1.54, 1.807) is 0 Å². The maximum atomic E-state index is 10.9. The van der Waals surface area contributed by atoms with Gasteiger partial charge >= 0.3 is 5.97 Å². The van der Waals surface area contributed by atoms with Crippen LogP contribution in [0, 0.1) is 0 Å². The van der Waals surface area contributed by atoms with E-state index >= 15 is 0 Å². The van der Waals surface area contributed by atoms with Gasteiger partial charge in [-0.2, -0.15) is 0 Å². The quantitative estimate of drug-likeness (QED) is 0.744. The van der Waals surface area contributed by atoms with Crippen molar-refractivity contribution in [3.8, 4) is 11.5 Å². The number of aliphatic carboxylic acids is 1. The van der Waals surface area contributed by atoms with Crippen molar-refractivity contribution >= 4 is 5.97 Å². The van der Waals surface area contributed by atoms with Gasteiger partial charge in [-0.25, -0.2) is 0 Å². The third-order valence-electron chi connectivity index (χ3n) is 5.92. The monoisotopic (exact) mass is 381 g/mol. The number of hydrogen-bond donors (Lipinski definition) is 1. The van der Waals surface area contributed by atoms with Crippen LogP contribution in [-0.4, -0.2) is 48.8 Å². The summed E-state index contributed by atoms with van der Waals surface area (Å²) in [6.07, 6.45) is 3.86. The van der Waals surface area contributed by atoms with E-state index in [4.69, 9.17) is 14.6 Å². The van der Waals surface area contributed by atoms with Gasteiger partial charge in [-0.15, -0.1) is 0 Å². The van der Waals surface area contributed by atoms with Gasteiger partial charge in [0.25, 0.3) is 0 Å². The minimum Gasteiger partial charge on any atom is -0.493 e. The van der Waals surface area contributed by atoms with E-state index in [0.717, 1.165) is 50.3 Å². The molecule has 0 saturated carbocycles. The SMILES string of the molecule is O=C(O)CN1CCC2(CC1)COc1cc(OCCCc3ccccc3)ccc12. The minimum absolute atomic E-state index is 0.0240. The lowest BCUT2D eigenvalue weighted by Crippen LogP contribution is -2.45. The Morgan fingerprint density at radius 1 is 1.14 bits per heavy atom. The topological polar surface area (TPSA) is 59.0 Å². The number of aryl methyl sites for hydroxylation is 1. The second-order valence-electron chi connectivity index (χ2n) is 7.83. The smallest absolute Gasteiger partial charge is 0.317 e. The van der Waals surface area contributed by atoms with Crippen molar-refractivity contribution in [2.45, 2.75) is 31.1 Å². The van der Waals surface area contributed by atoms with E-state index in [0.29, 0.717) is 13.2 Å². The van der Waals surface area contributed by atoms with Crippen LogP contribution in [0.1, 0.15) is 30.4 Å². The predicted octanol–water partition coefficient (Wildman–Crippen LogP) is 3.51. The van der Waals surface area contributed by atoms with Crippen molar-refractivity contribution in [3.05, 3.63) is 59.7 Å². The molecule has 28 heavy (non-hydrogen) atoms. The average Bonchev–Trinajstić information content (AvgIpc) is 3.05. The summed E-state index contributed by atoms with van der Waals surface area (Å²) < 4.78 is 11.9. The molecule has 2 aliphatic rings. The van der Waals surface area contributed by atoms with Crippen LogP contribution < -0.4 is 9.47 Å². The number of benzene rings is 2. The molecule has 2 aromatic rings. The molecule has 0 amide bonds. The molecular weight excluding hydrogens is 354 g/mol. The van der Waals surface area contributed by atoms with Crippen LogP contribution in [0.25, 0.3) is 0 Å². The molecule has 2 heterocycles. The van der Waals surface area contributed by atoms with Gasteiger partial charge in [0.2, 0.25) is 0 Å². The Kier molecular flexibility index (Phi) is 5.53. The standard InChI is InChI=1S/C23H27NO4/c25-22(26)16-24-12-10-23(11-13-24)17-28-21-15-19(8-9-20(21)23)27-14-4-7-18-5-2-1-3-6-18/h1-3,5-6,8-9,15H,4,7,10-14,16-17H2,(H,25,26). The lowest BCUT2D eigenvalue weighted by molar-refractivity contribution is -0.138. The molecule has 148 valence electrons. The highest BCUT2D eigenvalue weighted by Crippen LogP contribution is 2.46. The van der Waals surface area contributed by atoms with E-state index in [2.05, 4.69) is 30.3 Å². The molecule has 2 aliphatic heterocycles. The summed E-state index contributed by atoms with van der Waals surface area (Å²) in [5.74, 6) is 1.02. The number of hydrogen-bond acceptors (Lipinski definition) is 4. The Balaban J connectivity index is 1.32. The first kappa shape index (κ1) is 18.8. The van der Waals surface area contributed by atoms with E-state index in [-0.39, 0.29) is 12.0 Å². The van der Waals surface area contributed by atoms with Crippen LogP contribution in [0.2, 0.25) is 0 Å². The molecule has 0 bridgehead atoms. The first-order chi connectivity index (χ1) is 13.6. The number of rotatable bonds is 7. The van der Waals surface area contributed by atoms with Crippen LogP contribution in [0.3, 0.4) is 0 Å². The van der Waals surface area contributed by atoms with Gasteiger partial charge < -0.3 is 14.6 Å². The Hall–Kier alpha value is -2.53. The van der Waals surface area contributed by atoms with E-state index < -0.39 is 5.97 Å². The van der Waals surface area contributed by atoms with Gasteiger partial charge in [0.05, 0.1) is 19.8 Å². The Morgan fingerprint density at radius 3 is 2.68 bits per heavy atom. The van der Waals surface area contributed by atoms with Crippen molar-refractivity contribution in [1.82, 2.24) is 4.90 Å². The normalized spacial score (nSPS) is 17.9. The summed E-state index contributed by atoms with van der Waals surface area (Å²) in [4.78, 5) is 12.9. The average molecular weight is 381 g/mol. The van der Waals surface area contributed by atoms with Crippen LogP contribution in [0.5, 0.6) is 11.5 Å². The van der Waals surface area contributed by atoms with Gasteiger partial charge in [0, 0.05) is 17.0 Å². The zero-order chi connectivity index (χ0) is 19.4. The predicted molar refractivity (Wildman–Crippen MR) is 107 cm³/mol. The van der Waals surface area contributed by atoms with Crippen molar-refractivity contribution < 1.29 is 19.4 Å². The van der Waals surface area contributed by atoms with Gasteiger partial charge in [-0.3, -0.25) is 9.69 Å². The molecule has 1 saturated heterocycles. The fourth-order valence-electron chi connectivity index (χ4n) is 4.30. The summed E-state index contributed by atoms with van der Waals surface area (Å²) in [7, 11) is 0. The summed E-state index contributed by atoms with van der Waals surface area (Å²) in [5, 5.41) is 8.98. The van der Waals surface area contributed by atoms with Gasteiger partial charge in [-0.1, -0.05) is 36.4 Å². The number of piperidine rings is 1. The van der Waals surface area contributed by atoms with Gasteiger partial charge in [-0.05, 0) is 50.4 Å². The molecule has 5 heteroatoms. The number of fused-ring (bicyclic) bond motifs is 2. The number of carbonyl (C=O) groups is 1. The molecule has 1 fully saturated rings. The molecule has 0 radical (unpaired) electrons. The molecule has 5 nitrogen and oxygen atoms in total. The first-order valence-corrected chi connectivity index (χ1v) is 10.0. The molecule has 0 aliphatic carbocycles. The third-order valence-corrected chi connectivity index (χ3v) is 5.92. The van der Waals surface area contributed by atoms with Crippen LogP contribution in [0.15, 0.2) is 48.5 Å². The second-order valence-corrected chi connectivity index (χ2v) is 7.83. The van der Waals surface area contributed by atoms with Gasteiger partial charge in [0.1, 0.15) is 11.5 Å². The lowest BCUT2D eigenvalue weighted by Gasteiger charge is -2.37. The van der Waals surface area contributed by atoms with Crippen LogP contribution in [-0.2, 0) is 16.6 Å². The summed E-state index contributed by atoms with van der Waals surface area (Å²) in [5.41, 5.74) is 2.61. The second kappa shape index (κ2) is 8.23. The van der Waals surface area contributed by atoms with Gasteiger partial charge in [0.15, 0.2) is 0 Å². The molecule has 1 spiro atoms. The molecule has 0 unspecified atom stereocenters. The minimum atomic E-state index is -0.756. The fourth-order valence-corrected chi connectivity index (χ4v) is 4.30. The fraction of sp³-hybridized carbons (Fsp3) is 0.435. The highest BCUT2D eigenvalue weighted by atomic mass is 16.5. The Bertz CT molecular complexity index is 813. The van der Waals surface area contributed by atoms with Crippen molar-refractivity contribution in [1.29, 1.82) is 0 Å². The summed E-state index contributed by atoms with van der Waals surface area (Å²) in [6.45, 7) is 3.09. The molecule has 0 atom stereocenters. The van der Waals surface area contributed by atoms with E-state index in [9.17, 15) is 4.79 Å². The van der Waals surface area contributed by atoms with Crippen LogP contribution in [0.4, 0.5) is 0 Å². The van der Waals surface area contributed by atoms with E-state index in [1.165, 1.54) is 11.1 Å². The number of ether oxygens (including phenoxy) is 2. The Labute approximate surface area is 165 Å². The largest absolute Gasteiger partial charge is 0.493 e. The number of nitrogens with zero attached hydrogens (tertiary/aromatic N) is 1. The van der Waals surface area contributed by atoms with E-state index in [1.807, 2.05) is 23.1 Å². The molecule has 4 rings (SSSR count). The maximum absolute atomic E-state index is 10.9. The van der Waals surface area contributed by atoms with Crippen molar-refractivity contribution in [3.63, 3.8) is 0 Å². The van der Waals surface area contributed by atoms with Crippen molar-refractivity contribution in [2.75, 3.05) is 32.8 Å². The zero-order valence-electron chi connectivity index (χ0n) is 16.1. The zero-order valence-corrected chi connectivity index (χ0v) is 16.1. The molecule has 0 aromatic heterocycles. The number of carboxylic acid groups (broad SMARTS) is 1.